The summed E-state index contributed by atoms with van der Waals surface area (Å²) in [4.78, 5) is 0. The molecule has 0 aromatic rings. The van der Waals surface area contributed by atoms with E-state index < -0.39 is 7.60 Å². The number of hydrogen-bond acceptors (Lipinski definition) is 4. The van der Waals surface area contributed by atoms with Crippen LogP contribution in [0.4, 0.5) is 0 Å². The van der Waals surface area contributed by atoms with E-state index in [2.05, 4.69) is 0 Å². The third kappa shape index (κ3) is 8.09. The van der Waals surface area contributed by atoms with E-state index in [0.717, 1.165) is 18.6 Å². The monoisotopic (exact) mass is 252 g/mol. The minimum absolute atomic E-state index is 0.474. The molecule has 0 amide bonds. The van der Waals surface area contributed by atoms with E-state index in [9.17, 15) is 4.57 Å². The molecule has 0 spiro atoms. The largest absolute Gasteiger partial charge is 0.354 e. The molecule has 0 rings (SSSR count). The van der Waals surface area contributed by atoms with Crippen LogP contribution in [0.15, 0.2) is 11.2 Å². The van der Waals surface area contributed by atoms with Crippen LogP contribution < -0.4 is 0 Å². The predicted molar refractivity (Wildman–Crippen MR) is 67.4 cm³/mol. The lowest BCUT2D eigenvalue weighted by Crippen LogP contribution is -1.95. The Hall–Kier alpha value is 0.240. The summed E-state index contributed by atoms with van der Waals surface area (Å²) in [6, 6.07) is 0. The summed E-state index contributed by atoms with van der Waals surface area (Å²) in [7, 11) is -2.98. The zero-order valence-electron chi connectivity index (χ0n) is 9.77. The first-order valence-corrected chi connectivity index (χ1v) is 8.02. The van der Waals surface area contributed by atoms with Crippen LogP contribution in [-0.2, 0) is 13.6 Å². The maximum Gasteiger partial charge on any atom is 0.354 e. The van der Waals surface area contributed by atoms with Gasteiger partial charge in [0, 0.05) is 5.82 Å². The summed E-state index contributed by atoms with van der Waals surface area (Å²) in [5.41, 5.74) is 0. The Morgan fingerprint density at radius 2 is 1.67 bits per heavy atom. The fourth-order valence-electron chi connectivity index (χ4n) is 0.774. The van der Waals surface area contributed by atoms with E-state index in [1.165, 1.54) is 0 Å². The quantitative estimate of drug-likeness (QED) is 0.574. The Labute approximate surface area is 97.1 Å². The zero-order valence-corrected chi connectivity index (χ0v) is 11.5. The van der Waals surface area contributed by atoms with Gasteiger partial charge in [0.1, 0.15) is 0 Å². The molecule has 0 fully saturated rings. The molecule has 0 aliphatic heterocycles. The minimum Gasteiger partial charge on any atom is -0.306 e. The van der Waals surface area contributed by atoms with Crippen molar-refractivity contribution in [3.8, 4) is 0 Å². The molecule has 0 atom stereocenters. The number of rotatable bonds is 9. The minimum atomic E-state index is -2.98. The highest BCUT2D eigenvalue weighted by Gasteiger charge is 2.19. The molecule has 0 saturated carbocycles. The highest BCUT2D eigenvalue weighted by Crippen LogP contribution is 2.50. The topological polar surface area (TPSA) is 35.5 Å². The lowest BCUT2D eigenvalue weighted by Gasteiger charge is -2.13. The molecule has 0 heterocycles. The Bertz CT molecular complexity index is 207. The first-order valence-electron chi connectivity index (χ1n) is 5.36. The van der Waals surface area contributed by atoms with Crippen LogP contribution in [0.2, 0.25) is 0 Å². The predicted octanol–water partition coefficient (Wildman–Crippen LogP) is 4.26. The van der Waals surface area contributed by atoms with Crippen molar-refractivity contribution in [1.29, 1.82) is 0 Å². The molecule has 0 aliphatic carbocycles. The van der Waals surface area contributed by atoms with Crippen molar-refractivity contribution in [2.45, 2.75) is 33.6 Å². The average Bonchev–Trinajstić information content (AvgIpc) is 2.24. The SMILES string of the molecule is CCCOP(=O)(C=CSCC)OCCC. The third-order valence-electron chi connectivity index (χ3n) is 1.46. The summed E-state index contributed by atoms with van der Waals surface area (Å²) >= 11 is 1.59. The molecule has 0 aliphatic rings. The first-order chi connectivity index (χ1) is 7.18. The number of thioether (sulfide) groups is 1. The van der Waals surface area contributed by atoms with Gasteiger partial charge in [0.05, 0.1) is 13.2 Å². The zero-order chi connectivity index (χ0) is 11.6. The van der Waals surface area contributed by atoms with Crippen molar-refractivity contribution in [3.63, 3.8) is 0 Å². The van der Waals surface area contributed by atoms with E-state index in [1.54, 1.807) is 23.0 Å². The fraction of sp³-hybridized carbons (Fsp3) is 0.800. The molecule has 3 nitrogen and oxygen atoms in total. The van der Waals surface area contributed by atoms with Crippen molar-refractivity contribution in [3.05, 3.63) is 11.2 Å². The van der Waals surface area contributed by atoms with E-state index in [-0.39, 0.29) is 0 Å². The second kappa shape index (κ2) is 9.46. The molecule has 15 heavy (non-hydrogen) atoms. The first kappa shape index (κ1) is 15.2. The van der Waals surface area contributed by atoms with Gasteiger partial charge in [-0.1, -0.05) is 20.8 Å². The summed E-state index contributed by atoms with van der Waals surface area (Å²) in [5, 5.41) is 1.80. The lowest BCUT2D eigenvalue weighted by atomic mass is 10.5. The molecule has 0 aromatic carbocycles. The van der Waals surface area contributed by atoms with Gasteiger partial charge in [-0.05, 0) is 24.0 Å². The second-order valence-corrected chi connectivity index (χ2v) is 6.02. The number of hydrogen-bond donors (Lipinski definition) is 0. The lowest BCUT2D eigenvalue weighted by molar-refractivity contribution is 0.212. The van der Waals surface area contributed by atoms with Crippen LogP contribution in [-0.4, -0.2) is 19.0 Å². The maximum absolute atomic E-state index is 12.1. The van der Waals surface area contributed by atoms with E-state index in [4.69, 9.17) is 9.05 Å². The highest BCUT2D eigenvalue weighted by atomic mass is 32.2. The Morgan fingerprint density at radius 1 is 1.13 bits per heavy atom. The van der Waals surface area contributed by atoms with Crippen LogP contribution in [0.25, 0.3) is 0 Å². The molecule has 0 saturated heterocycles. The molecular formula is C10H21O3PS. The van der Waals surface area contributed by atoms with E-state index in [0.29, 0.717) is 13.2 Å². The Balaban J connectivity index is 4.19. The Morgan fingerprint density at radius 3 is 2.07 bits per heavy atom. The standard InChI is InChI=1S/C10H21O3PS/c1-4-7-12-14(11,13-8-5-2)9-10-15-6-3/h9-10H,4-8H2,1-3H3. The molecule has 0 radical (unpaired) electrons. The van der Waals surface area contributed by atoms with Crippen LogP contribution in [0.3, 0.4) is 0 Å². The van der Waals surface area contributed by atoms with E-state index >= 15 is 0 Å². The van der Waals surface area contributed by atoms with Gasteiger partial charge in [0.2, 0.25) is 0 Å². The summed E-state index contributed by atoms with van der Waals surface area (Å²) in [6.07, 6.45) is 1.68. The molecule has 0 aromatic heterocycles. The van der Waals surface area contributed by atoms with Gasteiger partial charge in [0.15, 0.2) is 0 Å². The van der Waals surface area contributed by atoms with Gasteiger partial charge in [-0.3, -0.25) is 4.57 Å². The molecule has 90 valence electrons. The third-order valence-corrected chi connectivity index (χ3v) is 3.92. The molecule has 0 bridgehead atoms. The highest BCUT2D eigenvalue weighted by molar-refractivity contribution is 8.02. The van der Waals surface area contributed by atoms with Gasteiger partial charge in [-0.25, -0.2) is 0 Å². The summed E-state index contributed by atoms with van der Waals surface area (Å²) in [6.45, 7) is 6.95. The summed E-state index contributed by atoms with van der Waals surface area (Å²) in [5.74, 6) is 2.52. The van der Waals surface area contributed by atoms with Crippen LogP contribution >= 0.6 is 19.4 Å². The summed E-state index contributed by atoms with van der Waals surface area (Å²) < 4.78 is 22.6. The second-order valence-electron chi connectivity index (χ2n) is 2.95. The molecule has 5 heteroatoms. The van der Waals surface area contributed by atoms with Crippen molar-refractivity contribution in [1.82, 2.24) is 0 Å². The van der Waals surface area contributed by atoms with Crippen molar-refractivity contribution in [2.24, 2.45) is 0 Å². The smallest absolute Gasteiger partial charge is 0.306 e. The van der Waals surface area contributed by atoms with Gasteiger partial charge >= 0.3 is 7.60 Å². The normalized spacial score (nSPS) is 12.5. The van der Waals surface area contributed by atoms with Crippen molar-refractivity contribution >= 4 is 19.4 Å². The van der Waals surface area contributed by atoms with Gasteiger partial charge in [-0.15, -0.1) is 11.8 Å². The maximum atomic E-state index is 12.1. The average molecular weight is 252 g/mol. The molecule has 0 N–H and O–H groups in total. The fourth-order valence-corrected chi connectivity index (χ4v) is 3.03. The molecular weight excluding hydrogens is 231 g/mol. The van der Waals surface area contributed by atoms with Crippen molar-refractivity contribution in [2.75, 3.05) is 19.0 Å². The Kier molecular flexibility index (Phi) is 9.62. The van der Waals surface area contributed by atoms with Crippen LogP contribution in [0.1, 0.15) is 33.6 Å². The molecule has 0 unspecified atom stereocenters. The van der Waals surface area contributed by atoms with Crippen LogP contribution in [0.5, 0.6) is 0 Å². The van der Waals surface area contributed by atoms with Gasteiger partial charge < -0.3 is 9.05 Å². The van der Waals surface area contributed by atoms with E-state index in [1.807, 2.05) is 20.8 Å². The van der Waals surface area contributed by atoms with Gasteiger partial charge in [0.25, 0.3) is 0 Å². The van der Waals surface area contributed by atoms with Crippen LogP contribution in [0, 0.1) is 0 Å². The van der Waals surface area contributed by atoms with Gasteiger partial charge in [-0.2, -0.15) is 0 Å². The van der Waals surface area contributed by atoms with Crippen molar-refractivity contribution < 1.29 is 13.6 Å².